The van der Waals surface area contributed by atoms with Crippen LogP contribution in [-0.4, -0.2) is 30.8 Å². The van der Waals surface area contributed by atoms with Gasteiger partial charge >= 0.3 is 0 Å². The first-order valence-corrected chi connectivity index (χ1v) is 9.19. The van der Waals surface area contributed by atoms with Gasteiger partial charge in [-0.25, -0.2) is 8.42 Å². The molecule has 0 N–H and O–H groups in total. The Kier molecular flexibility index (Phi) is 4.98. The molecular formula is C14H17Cl2NO3S. The number of rotatable bonds is 4. The number of carbonyl (C=O) groups excluding carboxylic acids is 1. The highest BCUT2D eigenvalue weighted by atomic mass is 35.5. The van der Waals surface area contributed by atoms with Crippen LogP contribution in [0.2, 0.25) is 5.02 Å². The second kappa shape index (κ2) is 6.24. The Morgan fingerprint density at radius 1 is 1.29 bits per heavy atom. The molecule has 0 bridgehead atoms. The van der Waals surface area contributed by atoms with E-state index in [1.807, 2.05) is 0 Å². The molecule has 1 aromatic rings. The van der Waals surface area contributed by atoms with Crippen LogP contribution in [0.15, 0.2) is 24.3 Å². The molecule has 1 unspecified atom stereocenters. The zero-order valence-electron chi connectivity index (χ0n) is 11.7. The first-order valence-electron chi connectivity index (χ1n) is 6.67. The fraction of sp³-hybridized carbons (Fsp3) is 0.500. The summed E-state index contributed by atoms with van der Waals surface area (Å²) in [4.78, 5) is 12.7. The molecule has 0 heterocycles. The molecule has 0 spiro atoms. The third-order valence-electron chi connectivity index (χ3n) is 4.07. The molecule has 2 rings (SSSR count). The summed E-state index contributed by atoms with van der Waals surface area (Å²) < 4.78 is 25.6. The summed E-state index contributed by atoms with van der Waals surface area (Å²) in [6.07, 6.45) is 2.29. The number of benzene rings is 1. The van der Waals surface area contributed by atoms with Gasteiger partial charge in [0.25, 0.3) is 0 Å². The third kappa shape index (κ3) is 2.84. The number of halogens is 2. The quantitative estimate of drug-likeness (QED) is 0.784. The first-order chi connectivity index (χ1) is 9.86. The van der Waals surface area contributed by atoms with Gasteiger partial charge < -0.3 is 0 Å². The molecule has 0 radical (unpaired) electrons. The molecule has 0 aromatic heterocycles. The largest absolute Gasteiger partial charge is 0.297 e. The maximum atomic E-state index is 12.7. The van der Waals surface area contributed by atoms with Crippen LogP contribution >= 0.6 is 23.2 Å². The van der Waals surface area contributed by atoms with Crippen molar-refractivity contribution in [3.05, 3.63) is 34.9 Å². The third-order valence-corrected chi connectivity index (χ3v) is 6.64. The number of carbonyl (C=O) groups is 1. The highest BCUT2D eigenvalue weighted by molar-refractivity contribution is 7.90. The maximum Gasteiger partial charge on any atom is 0.229 e. The fourth-order valence-electron chi connectivity index (χ4n) is 2.91. The molecule has 1 aromatic carbocycles. The van der Waals surface area contributed by atoms with Crippen molar-refractivity contribution >= 4 is 39.0 Å². The lowest BCUT2D eigenvalue weighted by Gasteiger charge is -2.42. The zero-order chi connectivity index (χ0) is 15.7. The van der Waals surface area contributed by atoms with Crippen molar-refractivity contribution in [2.75, 3.05) is 12.3 Å². The van der Waals surface area contributed by atoms with Crippen LogP contribution in [0.1, 0.15) is 31.2 Å². The highest BCUT2D eigenvalue weighted by Gasteiger charge is 2.49. The lowest BCUT2D eigenvalue weighted by Crippen LogP contribution is -2.54. The number of alkyl halides is 1. The minimum Gasteiger partial charge on any atom is -0.297 e. The van der Waals surface area contributed by atoms with E-state index in [9.17, 15) is 13.2 Å². The standard InChI is InChI=1S/C14H17Cl2NO3S/c1-17(21(19,20)10-15)14(9-5-4-8-13(14)18)11-6-2-3-7-12(11)16/h2-3,6-7H,4-5,8-10H2,1H3. The number of likely N-dealkylation sites (N-methyl/N-ethyl adjacent to an activating group) is 1. The maximum absolute atomic E-state index is 12.7. The molecule has 1 saturated carbocycles. The zero-order valence-corrected chi connectivity index (χ0v) is 14.0. The highest BCUT2D eigenvalue weighted by Crippen LogP contribution is 2.43. The summed E-state index contributed by atoms with van der Waals surface area (Å²) in [6, 6.07) is 6.89. The van der Waals surface area contributed by atoms with Crippen molar-refractivity contribution in [3.63, 3.8) is 0 Å². The average Bonchev–Trinajstić information content (AvgIpc) is 2.48. The molecule has 116 valence electrons. The topological polar surface area (TPSA) is 54.5 Å². The molecule has 1 aliphatic carbocycles. The summed E-state index contributed by atoms with van der Waals surface area (Å²) in [6.45, 7) is 0. The summed E-state index contributed by atoms with van der Waals surface area (Å²) in [7, 11) is -2.33. The molecule has 4 nitrogen and oxygen atoms in total. The van der Waals surface area contributed by atoms with E-state index >= 15 is 0 Å². The Morgan fingerprint density at radius 2 is 1.95 bits per heavy atom. The normalized spacial score (nSPS) is 23.5. The van der Waals surface area contributed by atoms with Crippen LogP contribution in [0.5, 0.6) is 0 Å². The van der Waals surface area contributed by atoms with Gasteiger partial charge in [-0.2, -0.15) is 4.31 Å². The second-order valence-corrected chi connectivity index (χ2v) is 8.15. The van der Waals surface area contributed by atoms with Gasteiger partial charge in [0.1, 0.15) is 10.8 Å². The van der Waals surface area contributed by atoms with Crippen molar-refractivity contribution in [1.82, 2.24) is 4.31 Å². The van der Waals surface area contributed by atoms with Crippen LogP contribution in [0.3, 0.4) is 0 Å². The van der Waals surface area contributed by atoms with E-state index in [1.54, 1.807) is 24.3 Å². The summed E-state index contributed by atoms with van der Waals surface area (Å²) in [5, 5.41) is -0.174. The van der Waals surface area contributed by atoms with E-state index in [2.05, 4.69) is 0 Å². The van der Waals surface area contributed by atoms with E-state index in [1.165, 1.54) is 7.05 Å². The van der Waals surface area contributed by atoms with Gasteiger partial charge in [0.2, 0.25) is 10.0 Å². The predicted molar refractivity (Wildman–Crippen MR) is 84.0 cm³/mol. The van der Waals surface area contributed by atoms with E-state index in [-0.39, 0.29) is 5.78 Å². The van der Waals surface area contributed by atoms with Gasteiger partial charge in [-0.15, -0.1) is 11.6 Å². The SMILES string of the molecule is CN(C1(c2ccccc2Cl)CCCCC1=O)S(=O)(=O)CCl. The van der Waals surface area contributed by atoms with Crippen LogP contribution in [0, 0.1) is 0 Å². The van der Waals surface area contributed by atoms with Crippen molar-refractivity contribution in [2.24, 2.45) is 0 Å². The Balaban J connectivity index is 2.66. The van der Waals surface area contributed by atoms with E-state index in [0.29, 0.717) is 23.4 Å². The number of nitrogens with zero attached hydrogens (tertiary/aromatic N) is 1. The summed E-state index contributed by atoms with van der Waals surface area (Å²) in [5.41, 5.74) is -0.711. The lowest BCUT2D eigenvalue weighted by atomic mass is 9.75. The Bertz CT molecular complexity index is 647. The Hall–Kier alpha value is -0.620. The minimum absolute atomic E-state index is 0.127. The Labute approximate surface area is 135 Å². The molecular weight excluding hydrogens is 333 g/mol. The molecule has 7 heteroatoms. The number of hydrogen-bond donors (Lipinski definition) is 0. The molecule has 0 saturated heterocycles. The van der Waals surface area contributed by atoms with Crippen molar-refractivity contribution < 1.29 is 13.2 Å². The van der Waals surface area contributed by atoms with Gasteiger partial charge in [0.15, 0.2) is 5.78 Å². The molecule has 0 aliphatic heterocycles. The summed E-state index contributed by atoms with van der Waals surface area (Å²) >= 11 is 11.8. The van der Waals surface area contributed by atoms with Crippen LogP contribution in [0.25, 0.3) is 0 Å². The molecule has 1 aliphatic rings. The molecule has 0 amide bonds. The van der Waals surface area contributed by atoms with E-state index in [4.69, 9.17) is 23.2 Å². The van der Waals surface area contributed by atoms with Crippen molar-refractivity contribution in [2.45, 2.75) is 31.2 Å². The Morgan fingerprint density at radius 3 is 2.52 bits per heavy atom. The average molecular weight is 350 g/mol. The van der Waals surface area contributed by atoms with Gasteiger partial charge in [0, 0.05) is 18.5 Å². The fourth-order valence-corrected chi connectivity index (χ4v) is 4.55. The number of hydrogen-bond acceptors (Lipinski definition) is 3. The summed E-state index contributed by atoms with van der Waals surface area (Å²) in [5.74, 6) is -0.127. The van der Waals surface area contributed by atoms with E-state index < -0.39 is 20.8 Å². The van der Waals surface area contributed by atoms with Gasteiger partial charge in [-0.3, -0.25) is 4.79 Å². The second-order valence-electron chi connectivity index (χ2n) is 5.16. The monoisotopic (exact) mass is 349 g/mol. The number of Topliss-reactive ketones (excluding diaryl/α,β-unsaturated/α-hetero) is 1. The minimum atomic E-state index is -3.73. The number of sulfonamides is 1. The predicted octanol–water partition coefficient (Wildman–Crippen LogP) is 3.14. The lowest BCUT2D eigenvalue weighted by molar-refractivity contribution is -0.131. The van der Waals surface area contributed by atoms with Gasteiger partial charge in [-0.05, 0) is 24.5 Å². The van der Waals surface area contributed by atoms with Gasteiger partial charge in [-0.1, -0.05) is 36.2 Å². The van der Waals surface area contributed by atoms with Gasteiger partial charge in [0.05, 0.1) is 0 Å². The first kappa shape index (κ1) is 16.7. The van der Waals surface area contributed by atoms with Crippen LogP contribution < -0.4 is 0 Å². The van der Waals surface area contributed by atoms with Crippen LogP contribution in [-0.2, 0) is 20.4 Å². The van der Waals surface area contributed by atoms with Crippen molar-refractivity contribution in [1.29, 1.82) is 0 Å². The van der Waals surface area contributed by atoms with Crippen LogP contribution in [0.4, 0.5) is 0 Å². The number of ketones is 1. The smallest absolute Gasteiger partial charge is 0.229 e. The van der Waals surface area contributed by atoms with Crippen molar-refractivity contribution in [3.8, 4) is 0 Å². The molecule has 1 fully saturated rings. The van der Waals surface area contributed by atoms with E-state index in [0.717, 1.165) is 17.1 Å². The molecule has 21 heavy (non-hydrogen) atoms. The molecule has 1 atom stereocenters.